The van der Waals surface area contributed by atoms with Gasteiger partial charge in [0.25, 0.3) is 5.91 Å². The van der Waals surface area contributed by atoms with Crippen molar-refractivity contribution in [1.29, 1.82) is 0 Å². The zero-order chi connectivity index (χ0) is 35.2. The van der Waals surface area contributed by atoms with Crippen LogP contribution in [-0.2, 0) is 26.2 Å². The second-order valence-electron chi connectivity index (χ2n) is 14.5. The highest BCUT2D eigenvalue weighted by Crippen LogP contribution is 2.53. The van der Waals surface area contributed by atoms with Crippen molar-refractivity contribution in [3.63, 3.8) is 0 Å². The minimum atomic E-state index is -0.928. The van der Waals surface area contributed by atoms with Crippen LogP contribution in [0.1, 0.15) is 68.1 Å². The van der Waals surface area contributed by atoms with E-state index in [1.165, 1.54) is 18.2 Å². The van der Waals surface area contributed by atoms with E-state index >= 15 is 0 Å². The van der Waals surface area contributed by atoms with Gasteiger partial charge in [0.15, 0.2) is 11.6 Å². The Balaban J connectivity index is 1.06. The lowest BCUT2D eigenvalue weighted by Crippen LogP contribution is -2.48. The number of benzene rings is 3. The van der Waals surface area contributed by atoms with E-state index in [1.54, 1.807) is 13.2 Å². The molecule has 7 rings (SSSR count). The molecule has 2 fully saturated rings. The number of fused-ring (bicyclic) bond motifs is 5. The Morgan fingerprint density at radius 2 is 1.82 bits per heavy atom. The van der Waals surface area contributed by atoms with E-state index in [9.17, 15) is 22.8 Å². The average Bonchev–Trinajstić information content (AvgIpc) is 3.71. The molecule has 0 radical (unpaired) electrons. The van der Waals surface area contributed by atoms with Crippen LogP contribution in [-0.4, -0.2) is 63.3 Å². The Labute approximate surface area is 292 Å². The number of hydrogen-bond donors (Lipinski definition) is 1. The highest BCUT2D eigenvalue weighted by molar-refractivity contribution is 6.04. The zero-order valence-electron chi connectivity index (χ0n) is 28.8. The molecule has 0 aromatic heterocycles. The van der Waals surface area contributed by atoms with Crippen LogP contribution in [0.2, 0.25) is 0 Å². The molecular formula is C40H45F3N4O3. The summed E-state index contributed by atoms with van der Waals surface area (Å²) in [6.45, 7) is 8.79. The van der Waals surface area contributed by atoms with Gasteiger partial charge in [-0.25, -0.2) is 13.2 Å². The lowest BCUT2D eigenvalue weighted by atomic mass is 9.73. The van der Waals surface area contributed by atoms with Gasteiger partial charge in [-0.1, -0.05) is 18.7 Å². The van der Waals surface area contributed by atoms with Gasteiger partial charge in [0.1, 0.15) is 5.82 Å². The molecule has 4 atom stereocenters. The zero-order valence-corrected chi connectivity index (χ0v) is 28.8. The number of nitrogens with zero attached hydrogens (tertiary/aromatic N) is 3. The van der Waals surface area contributed by atoms with Crippen LogP contribution in [0.15, 0.2) is 67.3 Å². The van der Waals surface area contributed by atoms with Crippen LogP contribution in [0.5, 0.6) is 0 Å². The molecule has 4 aliphatic rings. The SMILES string of the molecule is C=CC(=O)N1C[C@@H]2CCCN2c2cc(N3CCC4(CC3)C[C@@H](CC(=O)N[C@H](Cc3ccc(F)c(F)c3)[C@@H](C)OC)c3ccc(F)cc34)ccc21. The highest BCUT2D eigenvalue weighted by atomic mass is 19.2. The Morgan fingerprint density at radius 1 is 1.02 bits per heavy atom. The van der Waals surface area contributed by atoms with Crippen LogP contribution in [0.3, 0.4) is 0 Å². The fourth-order valence-electron chi connectivity index (χ4n) is 8.93. The first kappa shape index (κ1) is 34.2. The van der Waals surface area contributed by atoms with E-state index < -0.39 is 17.7 Å². The minimum Gasteiger partial charge on any atom is -0.380 e. The topological polar surface area (TPSA) is 65.1 Å². The molecule has 2 amide bonds. The van der Waals surface area contributed by atoms with Crippen LogP contribution in [0.4, 0.5) is 30.2 Å². The Hall–Kier alpha value is -4.31. The predicted molar refractivity (Wildman–Crippen MR) is 189 cm³/mol. The summed E-state index contributed by atoms with van der Waals surface area (Å²) < 4.78 is 47.8. The largest absolute Gasteiger partial charge is 0.380 e. The Bertz CT molecular complexity index is 1790. The van der Waals surface area contributed by atoms with E-state index in [-0.39, 0.29) is 47.9 Å². The molecule has 3 aromatic carbocycles. The second-order valence-corrected chi connectivity index (χ2v) is 14.5. The highest BCUT2D eigenvalue weighted by Gasteiger charge is 2.46. The molecule has 3 aromatic rings. The number of anilines is 3. The van der Waals surface area contributed by atoms with Gasteiger partial charge >= 0.3 is 0 Å². The number of carbonyl (C=O) groups excluding carboxylic acids is 2. The van der Waals surface area contributed by atoms with Crippen molar-refractivity contribution in [2.75, 3.05) is 48.0 Å². The Kier molecular flexibility index (Phi) is 9.41. The molecule has 3 heterocycles. The number of ether oxygens (including phenoxy) is 1. The van der Waals surface area contributed by atoms with Crippen molar-refractivity contribution in [3.05, 3.63) is 101 Å². The van der Waals surface area contributed by atoms with E-state index in [0.717, 1.165) is 92.1 Å². The fourth-order valence-corrected chi connectivity index (χ4v) is 8.93. The smallest absolute Gasteiger partial charge is 0.250 e. The molecule has 10 heteroatoms. The van der Waals surface area contributed by atoms with Gasteiger partial charge in [0.05, 0.1) is 23.5 Å². The molecule has 2 saturated heterocycles. The van der Waals surface area contributed by atoms with Crippen molar-refractivity contribution < 1.29 is 27.5 Å². The molecule has 1 aliphatic carbocycles. The minimum absolute atomic E-state index is 0.0761. The second kappa shape index (κ2) is 13.8. The van der Waals surface area contributed by atoms with Crippen LogP contribution >= 0.6 is 0 Å². The maximum atomic E-state index is 14.8. The number of piperidine rings is 1. The molecule has 0 unspecified atom stereocenters. The first-order valence-corrected chi connectivity index (χ1v) is 17.7. The fraction of sp³-hybridized carbons (Fsp3) is 0.450. The maximum Gasteiger partial charge on any atom is 0.250 e. The molecular weight excluding hydrogens is 641 g/mol. The van der Waals surface area contributed by atoms with Crippen molar-refractivity contribution in [3.8, 4) is 0 Å². The molecule has 0 bridgehead atoms. The van der Waals surface area contributed by atoms with Gasteiger partial charge < -0.3 is 24.8 Å². The van der Waals surface area contributed by atoms with Crippen LogP contribution in [0.25, 0.3) is 0 Å². The van der Waals surface area contributed by atoms with Gasteiger partial charge in [0, 0.05) is 51.4 Å². The van der Waals surface area contributed by atoms with Crippen LogP contribution in [0, 0.1) is 17.5 Å². The first-order chi connectivity index (χ1) is 24.1. The molecule has 50 heavy (non-hydrogen) atoms. The van der Waals surface area contributed by atoms with Gasteiger partial charge in [0.2, 0.25) is 5.91 Å². The summed E-state index contributed by atoms with van der Waals surface area (Å²) in [4.78, 5) is 33.0. The standard InChI is InChI=1S/C40H45F3N4O3/c1-4-39(49)47-24-30-6-5-15-46(30)37-22-29(9-12-36(37)47)45-16-13-40(14-17-45)23-27(31-10-8-28(41)21-32(31)40)20-38(48)44-35(25(2)50-3)19-26-7-11-33(42)34(43)18-26/h4,7-12,18,21-22,25,27,30,35H,1,5-6,13-17,19-20,23-24H2,2-3H3,(H,44,48)/t25-,27-,30+,35-/m1/s1. The summed E-state index contributed by atoms with van der Waals surface area (Å²) in [5, 5.41) is 3.10. The summed E-state index contributed by atoms with van der Waals surface area (Å²) in [6, 6.07) is 15.0. The molecule has 264 valence electrons. The molecule has 1 N–H and O–H groups in total. The number of carbonyl (C=O) groups is 2. The van der Waals surface area contributed by atoms with Crippen molar-refractivity contribution in [1.82, 2.24) is 5.32 Å². The lowest BCUT2D eigenvalue weighted by Gasteiger charge is -2.43. The number of rotatable bonds is 9. The third-order valence-electron chi connectivity index (χ3n) is 11.7. The van der Waals surface area contributed by atoms with Gasteiger partial charge in [-0.2, -0.15) is 0 Å². The molecule has 1 spiro atoms. The first-order valence-electron chi connectivity index (χ1n) is 17.7. The van der Waals surface area contributed by atoms with E-state index in [0.29, 0.717) is 18.2 Å². The van der Waals surface area contributed by atoms with Crippen molar-refractivity contribution >= 4 is 28.9 Å². The number of amides is 2. The van der Waals surface area contributed by atoms with Gasteiger partial charge in [-0.15, -0.1) is 0 Å². The van der Waals surface area contributed by atoms with Crippen molar-refractivity contribution in [2.24, 2.45) is 0 Å². The van der Waals surface area contributed by atoms with Crippen molar-refractivity contribution in [2.45, 2.75) is 81.4 Å². The summed E-state index contributed by atoms with van der Waals surface area (Å²) in [5.41, 5.74) is 5.48. The third kappa shape index (κ3) is 6.38. The molecule has 3 aliphatic heterocycles. The monoisotopic (exact) mass is 686 g/mol. The summed E-state index contributed by atoms with van der Waals surface area (Å²) in [5.74, 6) is -2.43. The summed E-state index contributed by atoms with van der Waals surface area (Å²) in [6.07, 6.45) is 6.11. The average molecular weight is 687 g/mol. The normalized spacial score (nSPS) is 21.7. The molecule has 7 nitrogen and oxygen atoms in total. The Morgan fingerprint density at radius 3 is 2.56 bits per heavy atom. The number of halogens is 3. The summed E-state index contributed by atoms with van der Waals surface area (Å²) >= 11 is 0. The quantitative estimate of drug-likeness (QED) is 0.252. The third-order valence-corrected chi connectivity index (χ3v) is 11.7. The van der Waals surface area contributed by atoms with E-state index in [4.69, 9.17) is 4.74 Å². The van der Waals surface area contributed by atoms with E-state index in [2.05, 4.69) is 39.9 Å². The lowest BCUT2D eigenvalue weighted by molar-refractivity contribution is -0.123. The summed E-state index contributed by atoms with van der Waals surface area (Å²) in [7, 11) is 1.55. The predicted octanol–water partition coefficient (Wildman–Crippen LogP) is 6.78. The number of methoxy groups -OCH3 is 1. The molecule has 0 saturated carbocycles. The maximum absolute atomic E-state index is 14.8. The van der Waals surface area contributed by atoms with Gasteiger partial charge in [-0.05, 0) is 122 Å². The van der Waals surface area contributed by atoms with Crippen LogP contribution < -0.4 is 20.0 Å². The number of nitrogens with one attached hydrogen (secondary N) is 1. The van der Waals surface area contributed by atoms with E-state index in [1.807, 2.05) is 17.9 Å². The van der Waals surface area contributed by atoms with Gasteiger partial charge in [-0.3, -0.25) is 9.59 Å². The number of hydrogen-bond acceptors (Lipinski definition) is 5.